The van der Waals surface area contributed by atoms with Crippen molar-refractivity contribution in [2.24, 2.45) is 0 Å². The van der Waals surface area contributed by atoms with Crippen LogP contribution in [0.25, 0.3) is 0 Å². The van der Waals surface area contributed by atoms with Gasteiger partial charge < -0.3 is 4.74 Å². The third-order valence-electron chi connectivity index (χ3n) is 3.14. The van der Waals surface area contributed by atoms with Gasteiger partial charge in [-0.1, -0.05) is 12.1 Å². The van der Waals surface area contributed by atoms with Crippen molar-refractivity contribution in [3.05, 3.63) is 47.7 Å². The van der Waals surface area contributed by atoms with Gasteiger partial charge in [-0.3, -0.25) is 4.31 Å². The standard InChI is InChI=1S/C15H19N3O3S/c1-4-21-11-13-6-5-7-14(10-13)22(19,20)18(3)15-9-8-12(2)16-17-15/h5-10H,4,11H2,1-3H3. The summed E-state index contributed by atoms with van der Waals surface area (Å²) in [6.45, 7) is 4.65. The Morgan fingerprint density at radius 3 is 2.59 bits per heavy atom. The molecule has 6 nitrogen and oxygen atoms in total. The Labute approximate surface area is 130 Å². The van der Waals surface area contributed by atoms with Gasteiger partial charge in [0.1, 0.15) is 0 Å². The second kappa shape index (κ2) is 6.85. The van der Waals surface area contributed by atoms with Crippen LogP contribution in [0.4, 0.5) is 5.82 Å². The lowest BCUT2D eigenvalue weighted by atomic mass is 10.2. The molecule has 118 valence electrons. The van der Waals surface area contributed by atoms with Crippen molar-refractivity contribution >= 4 is 15.8 Å². The van der Waals surface area contributed by atoms with Gasteiger partial charge >= 0.3 is 0 Å². The molecule has 22 heavy (non-hydrogen) atoms. The predicted octanol–water partition coefficient (Wildman–Crippen LogP) is 2.15. The highest BCUT2D eigenvalue weighted by molar-refractivity contribution is 7.92. The van der Waals surface area contributed by atoms with Crippen molar-refractivity contribution in [3.8, 4) is 0 Å². The zero-order valence-electron chi connectivity index (χ0n) is 12.9. The van der Waals surface area contributed by atoms with Gasteiger partial charge in [0.2, 0.25) is 0 Å². The fourth-order valence-electron chi connectivity index (χ4n) is 1.86. The Morgan fingerprint density at radius 2 is 1.95 bits per heavy atom. The molecule has 0 N–H and O–H groups in total. The molecule has 0 fully saturated rings. The van der Waals surface area contributed by atoms with E-state index in [-0.39, 0.29) is 10.7 Å². The number of benzene rings is 1. The van der Waals surface area contributed by atoms with Gasteiger partial charge in [0.05, 0.1) is 17.2 Å². The van der Waals surface area contributed by atoms with E-state index in [2.05, 4.69) is 10.2 Å². The number of hydrogen-bond acceptors (Lipinski definition) is 5. The van der Waals surface area contributed by atoms with Crippen LogP contribution in [0.5, 0.6) is 0 Å². The van der Waals surface area contributed by atoms with Gasteiger partial charge in [0.25, 0.3) is 10.0 Å². The molecule has 2 aromatic rings. The van der Waals surface area contributed by atoms with Gasteiger partial charge in [-0.05, 0) is 43.7 Å². The van der Waals surface area contributed by atoms with E-state index in [0.717, 1.165) is 15.6 Å². The number of aromatic nitrogens is 2. The summed E-state index contributed by atoms with van der Waals surface area (Å²) in [5.74, 6) is 0.279. The molecule has 0 saturated heterocycles. The molecule has 1 heterocycles. The van der Waals surface area contributed by atoms with E-state index in [1.165, 1.54) is 7.05 Å². The molecule has 0 amide bonds. The number of rotatable bonds is 6. The van der Waals surface area contributed by atoms with E-state index in [1.54, 1.807) is 37.3 Å². The van der Waals surface area contributed by atoms with Crippen LogP contribution >= 0.6 is 0 Å². The van der Waals surface area contributed by atoms with Gasteiger partial charge in [0.15, 0.2) is 5.82 Å². The van der Waals surface area contributed by atoms with Gasteiger partial charge in [-0.2, -0.15) is 5.10 Å². The summed E-state index contributed by atoms with van der Waals surface area (Å²) in [5, 5.41) is 7.80. The molecule has 0 unspecified atom stereocenters. The molecule has 1 aromatic carbocycles. The topological polar surface area (TPSA) is 72.4 Å². The van der Waals surface area contributed by atoms with Crippen molar-refractivity contribution in [3.63, 3.8) is 0 Å². The minimum Gasteiger partial charge on any atom is -0.377 e. The Kier molecular flexibility index (Phi) is 5.10. The zero-order chi connectivity index (χ0) is 16.2. The molecule has 0 saturated carbocycles. The molecule has 0 aliphatic heterocycles. The van der Waals surface area contributed by atoms with E-state index in [0.29, 0.717) is 13.2 Å². The maximum atomic E-state index is 12.7. The average Bonchev–Trinajstić information content (AvgIpc) is 2.53. The molecule has 0 aliphatic rings. The number of anilines is 1. The summed E-state index contributed by atoms with van der Waals surface area (Å²) in [4.78, 5) is 0.203. The Morgan fingerprint density at radius 1 is 1.18 bits per heavy atom. The maximum absolute atomic E-state index is 12.7. The van der Waals surface area contributed by atoms with Crippen LogP contribution in [-0.4, -0.2) is 32.3 Å². The Bertz CT molecular complexity index is 730. The third-order valence-corrected chi connectivity index (χ3v) is 4.89. The van der Waals surface area contributed by atoms with Crippen LogP contribution in [0.2, 0.25) is 0 Å². The second-order valence-electron chi connectivity index (χ2n) is 4.79. The predicted molar refractivity (Wildman–Crippen MR) is 84.1 cm³/mol. The molecular formula is C15H19N3O3S. The lowest BCUT2D eigenvalue weighted by Gasteiger charge is -2.18. The summed E-state index contributed by atoms with van der Waals surface area (Å²) in [6, 6.07) is 10.1. The maximum Gasteiger partial charge on any atom is 0.265 e. The summed E-state index contributed by atoms with van der Waals surface area (Å²) in [6.07, 6.45) is 0. The van der Waals surface area contributed by atoms with E-state index in [1.807, 2.05) is 13.0 Å². The first-order valence-corrected chi connectivity index (χ1v) is 8.35. The van der Waals surface area contributed by atoms with Crippen molar-refractivity contribution in [2.45, 2.75) is 25.3 Å². The van der Waals surface area contributed by atoms with Crippen LogP contribution in [-0.2, 0) is 21.4 Å². The normalized spacial score (nSPS) is 11.4. The zero-order valence-corrected chi connectivity index (χ0v) is 13.7. The molecule has 0 bridgehead atoms. The van der Waals surface area contributed by atoms with Crippen LogP contribution in [0.3, 0.4) is 0 Å². The van der Waals surface area contributed by atoms with Crippen molar-refractivity contribution in [1.82, 2.24) is 10.2 Å². The third kappa shape index (κ3) is 3.61. The first kappa shape index (κ1) is 16.4. The van der Waals surface area contributed by atoms with E-state index in [9.17, 15) is 8.42 Å². The van der Waals surface area contributed by atoms with Crippen LogP contribution in [0.15, 0.2) is 41.3 Å². The van der Waals surface area contributed by atoms with Crippen LogP contribution in [0, 0.1) is 6.92 Å². The van der Waals surface area contributed by atoms with E-state index < -0.39 is 10.0 Å². The molecular weight excluding hydrogens is 302 g/mol. The SMILES string of the molecule is CCOCc1cccc(S(=O)(=O)N(C)c2ccc(C)nn2)c1. The molecule has 0 aliphatic carbocycles. The highest BCUT2D eigenvalue weighted by Crippen LogP contribution is 2.20. The van der Waals surface area contributed by atoms with Gasteiger partial charge in [-0.25, -0.2) is 8.42 Å². The molecule has 2 rings (SSSR count). The minimum atomic E-state index is -3.68. The van der Waals surface area contributed by atoms with E-state index >= 15 is 0 Å². The van der Waals surface area contributed by atoms with Gasteiger partial charge in [-0.15, -0.1) is 5.10 Å². The number of sulfonamides is 1. The fourth-order valence-corrected chi connectivity index (χ4v) is 3.07. The van der Waals surface area contributed by atoms with E-state index in [4.69, 9.17) is 4.74 Å². The monoisotopic (exact) mass is 321 g/mol. The number of ether oxygens (including phenoxy) is 1. The summed E-state index contributed by atoms with van der Waals surface area (Å²) in [5.41, 5.74) is 1.54. The lowest BCUT2D eigenvalue weighted by Crippen LogP contribution is -2.27. The molecule has 1 aromatic heterocycles. The lowest BCUT2D eigenvalue weighted by molar-refractivity contribution is 0.134. The largest absolute Gasteiger partial charge is 0.377 e. The number of aryl methyl sites for hydroxylation is 1. The summed E-state index contributed by atoms with van der Waals surface area (Å²) in [7, 11) is -2.21. The van der Waals surface area contributed by atoms with Gasteiger partial charge in [0, 0.05) is 13.7 Å². The Balaban J connectivity index is 2.31. The quantitative estimate of drug-likeness (QED) is 0.815. The first-order chi connectivity index (χ1) is 10.4. The molecule has 0 atom stereocenters. The smallest absolute Gasteiger partial charge is 0.265 e. The highest BCUT2D eigenvalue weighted by Gasteiger charge is 2.22. The summed E-state index contributed by atoms with van der Waals surface area (Å²) < 4.78 is 31.8. The number of nitrogens with zero attached hydrogens (tertiary/aromatic N) is 3. The molecule has 0 spiro atoms. The van der Waals surface area contributed by atoms with Crippen LogP contribution in [0.1, 0.15) is 18.2 Å². The van der Waals surface area contributed by atoms with Crippen molar-refractivity contribution < 1.29 is 13.2 Å². The minimum absolute atomic E-state index is 0.203. The van der Waals surface area contributed by atoms with Crippen LogP contribution < -0.4 is 4.31 Å². The van der Waals surface area contributed by atoms with Crippen molar-refractivity contribution in [1.29, 1.82) is 0 Å². The number of hydrogen-bond donors (Lipinski definition) is 0. The highest BCUT2D eigenvalue weighted by atomic mass is 32.2. The van der Waals surface area contributed by atoms with Crippen molar-refractivity contribution in [2.75, 3.05) is 18.0 Å². The first-order valence-electron chi connectivity index (χ1n) is 6.91. The Hall–Kier alpha value is -1.99. The molecule has 0 radical (unpaired) electrons. The second-order valence-corrected chi connectivity index (χ2v) is 6.76. The summed E-state index contributed by atoms with van der Waals surface area (Å²) >= 11 is 0. The average molecular weight is 321 g/mol. The fraction of sp³-hybridized carbons (Fsp3) is 0.333. The molecule has 7 heteroatoms.